The molecule has 0 spiro atoms. The summed E-state index contributed by atoms with van der Waals surface area (Å²) in [6, 6.07) is 0. The van der Waals surface area contributed by atoms with Gasteiger partial charge in [-0.3, -0.25) is 14.4 Å². The Hall–Kier alpha value is -1.23. The molecule has 4 saturated carbocycles. The summed E-state index contributed by atoms with van der Waals surface area (Å²) in [5, 5.41) is 19.9. The van der Waals surface area contributed by atoms with E-state index in [1.165, 1.54) is 0 Å². The van der Waals surface area contributed by atoms with Crippen molar-refractivity contribution in [1.82, 2.24) is 0 Å². The summed E-state index contributed by atoms with van der Waals surface area (Å²) in [4.78, 5) is 38.9. The zero-order chi connectivity index (χ0) is 23.9. The molecule has 5 heteroatoms. The van der Waals surface area contributed by atoms with Crippen molar-refractivity contribution in [2.45, 2.75) is 99.0 Å². The normalized spacial score (nSPS) is 48.5. The molecule has 0 aromatic carbocycles. The Balaban J connectivity index is 1.72. The van der Waals surface area contributed by atoms with Crippen molar-refractivity contribution in [3.05, 3.63) is 0 Å². The average Bonchev–Trinajstić information content (AvgIpc) is 2.96. The molecule has 180 valence electrons. The summed E-state index contributed by atoms with van der Waals surface area (Å²) in [6.07, 6.45) is 4.66. The number of Topliss-reactive ketones (excluding diaryl/α,β-unsaturated/α-hetero) is 2. The van der Waals surface area contributed by atoms with E-state index >= 15 is 0 Å². The van der Waals surface area contributed by atoms with Crippen LogP contribution in [0.4, 0.5) is 0 Å². The molecule has 2 unspecified atom stereocenters. The number of aliphatic carboxylic acids is 1. The highest BCUT2D eigenvalue weighted by Gasteiger charge is 2.72. The topological polar surface area (TPSA) is 91.7 Å². The lowest BCUT2D eigenvalue weighted by Crippen LogP contribution is -2.66. The molecule has 4 aliphatic rings. The zero-order valence-corrected chi connectivity index (χ0v) is 20.7. The lowest BCUT2D eigenvalue weighted by molar-refractivity contribution is -0.200. The molecule has 0 saturated heterocycles. The van der Waals surface area contributed by atoms with Gasteiger partial charge in [-0.2, -0.15) is 0 Å². The van der Waals surface area contributed by atoms with Crippen LogP contribution in [0.25, 0.3) is 0 Å². The Morgan fingerprint density at radius 2 is 1.66 bits per heavy atom. The van der Waals surface area contributed by atoms with E-state index < -0.39 is 12.1 Å². The predicted molar refractivity (Wildman–Crippen MR) is 122 cm³/mol. The van der Waals surface area contributed by atoms with Gasteiger partial charge in [-0.25, -0.2) is 0 Å². The van der Waals surface area contributed by atoms with Crippen LogP contribution in [0.15, 0.2) is 0 Å². The average molecular weight is 447 g/mol. The minimum absolute atomic E-state index is 0.0242. The van der Waals surface area contributed by atoms with Crippen molar-refractivity contribution in [1.29, 1.82) is 0 Å². The zero-order valence-electron chi connectivity index (χ0n) is 20.7. The fraction of sp³-hybridized carbons (Fsp3) is 0.889. The molecule has 0 amide bonds. The number of carbonyl (C=O) groups excluding carboxylic acids is 2. The number of aliphatic hydroxyl groups excluding tert-OH is 1. The van der Waals surface area contributed by atoms with Crippen molar-refractivity contribution < 1.29 is 24.6 Å². The van der Waals surface area contributed by atoms with Gasteiger partial charge in [0, 0.05) is 31.1 Å². The van der Waals surface area contributed by atoms with Gasteiger partial charge in [0.15, 0.2) is 0 Å². The number of fused-ring (bicyclic) bond motifs is 5. The van der Waals surface area contributed by atoms with Gasteiger partial charge >= 0.3 is 5.97 Å². The number of carboxylic acids is 1. The van der Waals surface area contributed by atoms with Crippen molar-refractivity contribution in [3.8, 4) is 0 Å². The molecule has 9 atom stereocenters. The highest BCUT2D eigenvalue weighted by molar-refractivity contribution is 5.94. The fourth-order valence-electron chi connectivity index (χ4n) is 9.38. The number of carbonyl (C=O) groups is 3. The van der Waals surface area contributed by atoms with Crippen LogP contribution < -0.4 is 0 Å². The molecular formula is C27H42O5. The second-order valence-electron chi connectivity index (χ2n) is 13.1. The second kappa shape index (κ2) is 7.38. The van der Waals surface area contributed by atoms with Gasteiger partial charge in [0.2, 0.25) is 0 Å². The third kappa shape index (κ3) is 3.02. The molecule has 4 aliphatic carbocycles. The third-order valence-electron chi connectivity index (χ3n) is 11.5. The van der Waals surface area contributed by atoms with E-state index in [1.807, 2.05) is 0 Å². The number of aliphatic hydroxyl groups is 1. The molecule has 0 bridgehead atoms. The van der Waals surface area contributed by atoms with Gasteiger partial charge in [0.05, 0.1) is 6.10 Å². The lowest BCUT2D eigenvalue weighted by atomic mass is 9.37. The maximum absolute atomic E-state index is 13.9. The Morgan fingerprint density at radius 1 is 1.00 bits per heavy atom. The van der Waals surface area contributed by atoms with Crippen LogP contribution in [-0.2, 0) is 14.4 Å². The van der Waals surface area contributed by atoms with Crippen molar-refractivity contribution in [3.63, 3.8) is 0 Å². The van der Waals surface area contributed by atoms with Crippen LogP contribution in [0.2, 0.25) is 0 Å². The maximum atomic E-state index is 13.9. The van der Waals surface area contributed by atoms with Gasteiger partial charge in [-0.1, -0.05) is 41.5 Å². The van der Waals surface area contributed by atoms with Crippen LogP contribution >= 0.6 is 0 Å². The molecule has 0 aromatic heterocycles. The summed E-state index contributed by atoms with van der Waals surface area (Å²) in [6.45, 7) is 13.0. The summed E-state index contributed by atoms with van der Waals surface area (Å²) in [5.74, 6) is -0.320. The molecular weight excluding hydrogens is 404 g/mol. The largest absolute Gasteiger partial charge is 0.481 e. The van der Waals surface area contributed by atoms with E-state index in [4.69, 9.17) is 5.11 Å². The first-order chi connectivity index (χ1) is 14.7. The maximum Gasteiger partial charge on any atom is 0.303 e. The Bertz CT molecular complexity index is 832. The molecule has 2 N–H and O–H groups in total. The summed E-state index contributed by atoms with van der Waals surface area (Å²) >= 11 is 0. The molecule has 4 fully saturated rings. The van der Waals surface area contributed by atoms with Gasteiger partial charge in [-0.05, 0) is 71.5 Å². The van der Waals surface area contributed by atoms with Crippen LogP contribution in [0.1, 0.15) is 92.9 Å². The number of ketones is 2. The first-order valence-electron chi connectivity index (χ1n) is 12.7. The summed E-state index contributed by atoms with van der Waals surface area (Å²) in [7, 11) is 0. The van der Waals surface area contributed by atoms with Crippen LogP contribution in [0.3, 0.4) is 0 Å². The van der Waals surface area contributed by atoms with Gasteiger partial charge in [0.1, 0.15) is 11.6 Å². The van der Waals surface area contributed by atoms with Gasteiger partial charge in [-0.15, -0.1) is 0 Å². The number of rotatable bonds is 4. The highest BCUT2D eigenvalue weighted by atomic mass is 16.4. The molecule has 32 heavy (non-hydrogen) atoms. The fourth-order valence-corrected chi connectivity index (χ4v) is 9.38. The Labute approximate surface area is 192 Å². The summed E-state index contributed by atoms with van der Waals surface area (Å²) < 4.78 is 0. The predicted octanol–water partition coefficient (Wildman–Crippen LogP) is 4.89. The Morgan fingerprint density at radius 3 is 2.28 bits per heavy atom. The third-order valence-corrected chi connectivity index (χ3v) is 11.5. The standard InChI is InChI=1S/C27H42O5/c1-15(7-8-21(31)32)16-9-12-26(5)23-17(28)13-19-24(2,3)20(30)10-11-25(19,4)22(23)18(29)14-27(16,26)6/h15-16,19-20,22-23,30H,7-14H2,1-6H3,(H,31,32)/t15-,16-,19?,20?,22+,23-,25+,26+,27-/m1/s1. The van der Waals surface area contributed by atoms with E-state index in [-0.39, 0.29) is 69.2 Å². The van der Waals surface area contributed by atoms with E-state index in [9.17, 15) is 19.5 Å². The minimum atomic E-state index is -0.772. The highest BCUT2D eigenvalue weighted by Crippen LogP contribution is 2.73. The van der Waals surface area contributed by atoms with E-state index in [2.05, 4.69) is 41.5 Å². The van der Waals surface area contributed by atoms with Crippen molar-refractivity contribution >= 4 is 17.5 Å². The smallest absolute Gasteiger partial charge is 0.303 e. The number of hydrogen-bond acceptors (Lipinski definition) is 4. The molecule has 0 heterocycles. The molecule has 0 aromatic rings. The first kappa shape index (κ1) is 23.9. The van der Waals surface area contributed by atoms with Gasteiger partial charge < -0.3 is 10.2 Å². The monoisotopic (exact) mass is 446 g/mol. The van der Waals surface area contributed by atoms with Crippen molar-refractivity contribution in [2.75, 3.05) is 0 Å². The van der Waals surface area contributed by atoms with Crippen molar-refractivity contribution in [2.24, 2.45) is 51.2 Å². The number of hydrogen-bond donors (Lipinski definition) is 2. The Kier molecular flexibility index (Phi) is 5.52. The molecule has 0 aliphatic heterocycles. The summed E-state index contributed by atoms with van der Waals surface area (Å²) in [5.41, 5.74) is -1.14. The quantitative estimate of drug-likeness (QED) is 0.641. The molecule has 4 rings (SSSR count). The van der Waals surface area contributed by atoms with E-state index in [1.54, 1.807) is 0 Å². The van der Waals surface area contributed by atoms with Crippen LogP contribution in [0.5, 0.6) is 0 Å². The first-order valence-corrected chi connectivity index (χ1v) is 12.7. The second-order valence-corrected chi connectivity index (χ2v) is 13.1. The lowest BCUT2D eigenvalue weighted by Gasteiger charge is -2.65. The number of carboxylic acid groups (broad SMARTS) is 1. The SMILES string of the molecule is C[C@H](CCC(=O)O)[C@H]1CC[C@@]2(C)[C@@H]3C(=O)CC4C(C)(C)C(O)CC[C@]4(C)[C@H]3C(=O)C[C@]12C. The minimum Gasteiger partial charge on any atom is -0.481 e. The van der Waals surface area contributed by atoms with Crippen LogP contribution in [-0.4, -0.2) is 33.9 Å². The van der Waals surface area contributed by atoms with E-state index in [0.29, 0.717) is 25.7 Å². The molecule has 5 nitrogen and oxygen atoms in total. The van der Waals surface area contributed by atoms with E-state index in [0.717, 1.165) is 19.3 Å². The molecule has 0 radical (unpaired) electrons. The van der Waals surface area contributed by atoms with Gasteiger partial charge in [0.25, 0.3) is 0 Å². The van der Waals surface area contributed by atoms with Crippen LogP contribution in [0, 0.1) is 51.2 Å².